The molecule has 23 heavy (non-hydrogen) atoms. The van der Waals surface area contributed by atoms with Crippen molar-refractivity contribution in [3.8, 4) is 0 Å². The minimum atomic E-state index is -0.863. The highest BCUT2D eigenvalue weighted by Gasteiger charge is 2.33. The number of amides is 1. The average molecular weight is 323 g/mol. The zero-order valence-corrected chi connectivity index (χ0v) is 14.6. The lowest BCUT2D eigenvalue weighted by Crippen LogP contribution is -2.39. The van der Waals surface area contributed by atoms with E-state index in [1.807, 2.05) is 12.2 Å². The van der Waals surface area contributed by atoms with Gasteiger partial charge in [-0.15, -0.1) is 0 Å². The minimum absolute atomic E-state index is 0.0960. The summed E-state index contributed by atoms with van der Waals surface area (Å²) in [6.45, 7) is 2.90. The normalized spacial score (nSPS) is 20.4. The highest BCUT2D eigenvalue weighted by atomic mass is 16.4. The van der Waals surface area contributed by atoms with Crippen LogP contribution in [0.3, 0.4) is 0 Å². The lowest BCUT2D eigenvalue weighted by Gasteiger charge is -2.24. The molecular weight excluding hydrogens is 290 g/mol. The number of carboxylic acid groups (broad SMARTS) is 1. The first-order valence-corrected chi connectivity index (χ1v) is 9.32. The Morgan fingerprint density at radius 1 is 0.913 bits per heavy atom. The Labute approximate surface area is 140 Å². The number of hydrogen-bond acceptors (Lipinski definition) is 2. The fraction of sp³-hybridized carbons (Fsp3) is 0.789. The highest BCUT2D eigenvalue weighted by molar-refractivity contribution is 5.85. The van der Waals surface area contributed by atoms with Crippen molar-refractivity contribution >= 4 is 11.9 Å². The molecule has 0 aliphatic heterocycles. The lowest BCUT2D eigenvalue weighted by atomic mass is 9.82. The van der Waals surface area contributed by atoms with Crippen molar-refractivity contribution in [2.75, 3.05) is 6.54 Å². The molecule has 4 nitrogen and oxygen atoms in total. The maximum Gasteiger partial charge on any atom is 0.307 e. The number of carboxylic acids is 1. The number of aliphatic carboxylic acids is 1. The maximum atomic E-state index is 12.1. The number of nitrogens with one attached hydrogen (secondary N) is 1. The summed E-state index contributed by atoms with van der Waals surface area (Å²) in [4.78, 5) is 23.3. The molecule has 0 heterocycles. The number of unbranched alkanes of at least 4 members (excludes halogenated alkanes) is 8. The van der Waals surface area contributed by atoms with Crippen LogP contribution in [0.25, 0.3) is 0 Å². The molecule has 0 aromatic carbocycles. The summed E-state index contributed by atoms with van der Waals surface area (Å²) in [5, 5.41) is 12.1. The number of carbonyl (C=O) groups is 2. The Hall–Kier alpha value is -1.32. The van der Waals surface area contributed by atoms with Crippen molar-refractivity contribution in [1.82, 2.24) is 5.32 Å². The Morgan fingerprint density at radius 2 is 1.43 bits per heavy atom. The van der Waals surface area contributed by atoms with Gasteiger partial charge >= 0.3 is 5.97 Å². The van der Waals surface area contributed by atoms with Crippen molar-refractivity contribution in [2.45, 2.75) is 77.6 Å². The number of allylic oxidation sites excluding steroid dienone is 2. The standard InChI is InChI=1S/C19H33NO3/c1-2-3-4-5-6-7-8-9-12-15-20-18(21)16-13-10-11-14-17(16)19(22)23/h10-11,16-17H,2-9,12-15H2,1H3,(H,20,21)(H,22,23). The molecule has 1 aliphatic carbocycles. The van der Waals surface area contributed by atoms with Crippen LogP contribution in [-0.4, -0.2) is 23.5 Å². The van der Waals surface area contributed by atoms with Crippen LogP contribution in [0, 0.1) is 11.8 Å². The summed E-state index contributed by atoms with van der Waals surface area (Å²) in [5.74, 6) is -1.93. The molecule has 0 fully saturated rings. The summed E-state index contributed by atoms with van der Waals surface area (Å²) in [6.07, 6.45) is 16.1. The topological polar surface area (TPSA) is 66.4 Å². The van der Waals surface area contributed by atoms with Gasteiger partial charge in [0.05, 0.1) is 11.8 Å². The predicted octanol–water partition coefficient (Wildman–Crippen LogP) is 4.30. The Balaban J connectivity index is 2.05. The lowest BCUT2D eigenvalue weighted by molar-refractivity contribution is -0.147. The molecular formula is C19H33NO3. The highest BCUT2D eigenvalue weighted by Crippen LogP contribution is 2.26. The van der Waals surface area contributed by atoms with Crippen LogP contribution in [0.4, 0.5) is 0 Å². The predicted molar refractivity (Wildman–Crippen MR) is 93.2 cm³/mol. The van der Waals surface area contributed by atoms with Crippen molar-refractivity contribution in [3.63, 3.8) is 0 Å². The fourth-order valence-electron chi connectivity index (χ4n) is 3.16. The van der Waals surface area contributed by atoms with Crippen LogP contribution in [0.2, 0.25) is 0 Å². The van der Waals surface area contributed by atoms with Crippen molar-refractivity contribution in [2.24, 2.45) is 11.8 Å². The van der Waals surface area contributed by atoms with Gasteiger partial charge in [0, 0.05) is 6.54 Å². The first-order chi connectivity index (χ1) is 11.2. The molecule has 0 saturated heterocycles. The third-order valence-corrected chi connectivity index (χ3v) is 4.67. The van der Waals surface area contributed by atoms with Crippen molar-refractivity contribution in [3.05, 3.63) is 12.2 Å². The van der Waals surface area contributed by atoms with Gasteiger partial charge in [-0.3, -0.25) is 9.59 Å². The van der Waals surface area contributed by atoms with E-state index in [9.17, 15) is 14.7 Å². The van der Waals surface area contributed by atoms with E-state index in [0.717, 1.165) is 12.8 Å². The minimum Gasteiger partial charge on any atom is -0.481 e. The van der Waals surface area contributed by atoms with E-state index >= 15 is 0 Å². The second-order valence-electron chi connectivity index (χ2n) is 6.61. The van der Waals surface area contributed by atoms with Crippen molar-refractivity contribution in [1.29, 1.82) is 0 Å². The number of carbonyl (C=O) groups excluding carboxylic acids is 1. The zero-order valence-electron chi connectivity index (χ0n) is 14.6. The molecule has 0 spiro atoms. The summed E-state index contributed by atoms with van der Waals surface area (Å²) >= 11 is 0. The van der Waals surface area contributed by atoms with Gasteiger partial charge in [-0.1, -0.05) is 70.4 Å². The third-order valence-electron chi connectivity index (χ3n) is 4.67. The molecule has 2 atom stereocenters. The molecule has 132 valence electrons. The van der Waals surface area contributed by atoms with Gasteiger partial charge < -0.3 is 10.4 Å². The van der Waals surface area contributed by atoms with Gasteiger partial charge in [0.2, 0.25) is 5.91 Å². The Kier molecular flexibility index (Phi) is 10.4. The van der Waals surface area contributed by atoms with E-state index in [1.165, 1.54) is 44.9 Å². The van der Waals surface area contributed by atoms with E-state index in [-0.39, 0.29) is 5.91 Å². The zero-order chi connectivity index (χ0) is 16.9. The molecule has 0 aromatic rings. The van der Waals surface area contributed by atoms with Gasteiger partial charge in [-0.2, -0.15) is 0 Å². The largest absolute Gasteiger partial charge is 0.481 e. The summed E-state index contributed by atoms with van der Waals surface area (Å²) < 4.78 is 0. The Morgan fingerprint density at radius 3 is 2.00 bits per heavy atom. The van der Waals surface area contributed by atoms with Crippen LogP contribution in [-0.2, 0) is 9.59 Å². The van der Waals surface area contributed by atoms with Crippen LogP contribution >= 0.6 is 0 Å². The molecule has 0 saturated carbocycles. The Bertz CT molecular complexity index is 379. The molecule has 1 aliphatic rings. The molecule has 2 unspecified atom stereocenters. The summed E-state index contributed by atoms with van der Waals surface area (Å²) in [7, 11) is 0. The number of rotatable bonds is 12. The smallest absolute Gasteiger partial charge is 0.307 e. The molecule has 0 radical (unpaired) electrons. The van der Waals surface area contributed by atoms with E-state index < -0.39 is 17.8 Å². The summed E-state index contributed by atoms with van der Waals surface area (Å²) in [5.41, 5.74) is 0. The molecule has 1 amide bonds. The second-order valence-corrected chi connectivity index (χ2v) is 6.61. The monoisotopic (exact) mass is 323 g/mol. The average Bonchev–Trinajstić information content (AvgIpc) is 2.56. The molecule has 1 rings (SSSR count). The van der Waals surface area contributed by atoms with Crippen LogP contribution in [0.5, 0.6) is 0 Å². The van der Waals surface area contributed by atoms with Gasteiger partial charge in [0.15, 0.2) is 0 Å². The molecule has 4 heteroatoms. The van der Waals surface area contributed by atoms with Crippen LogP contribution < -0.4 is 5.32 Å². The van der Waals surface area contributed by atoms with Gasteiger partial charge in [0.1, 0.15) is 0 Å². The van der Waals surface area contributed by atoms with E-state index in [1.54, 1.807) is 0 Å². The van der Waals surface area contributed by atoms with Gasteiger partial charge in [-0.05, 0) is 19.3 Å². The van der Waals surface area contributed by atoms with Gasteiger partial charge in [-0.25, -0.2) is 0 Å². The van der Waals surface area contributed by atoms with Crippen LogP contribution in [0.15, 0.2) is 12.2 Å². The van der Waals surface area contributed by atoms with E-state index in [2.05, 4.69) is 12.2 Å². The summed E-state index contributed by atoms with van der Waals surface area (Å²) in [6, 6.07) is 0. The first-order valence-electron chi connectivity index (χ1n) is 9.32. The molecule has 0 aromatic heterocycles. The van der Waals surface area contributed by atoms with E-state index in [4.69, 9.17) is 0 Å². The molecule has 0 bridgehead atoms. The SMILES string of the molecule is CCCCCCCCCCCNC(=O)C1CC=CCC1C(=O)O. The fourth-order valence-corrected chi connectivity index (χ4v) is 3.16. The van der Waals surface area contributed by atoms with Crippen molar-refractivity contribution < 1.29 is 14.7 Å². The maximum absolute atomic E-state index is 12.1. The number of hydrogen-bond donors (Lipinski definition) is 2. The first kappa shape index (κ1) is 19.7. The third kappa shape index (κ3) is 8.19. The van der Waals surface area contributed by atoms with Crippen LogP contribution in [0.1, 0.15) is 77.6 Å². The van der Waals surface area contributed by atoms with E-state index in [0.29, 0.717) is 19.4 Å². The molecule has 2 N–H and O–H groups in total. The second kappa shape index (κ2) is 12.1. The quantitative estimate of drug-likeness (QED) is 0.415. The van der Waals surface area contributed by atoms with Gasteiger partial charge in [0.25, 0.3) is 0 Å².